The summed E-state index contributed by atoms with van der Waals surface area (Å²) in [7, 11) is 0. The summed E-state index contributed by atoms with van der Waals surface area (Å²) in [4.78, 5) is 24.9. The van der Waals surface area contributed by atoms with Crippen LogP contribution in [0.15, 0.2) is 119 Å². The first-order chi connectivity index (χ1) is 19.4. The number of carbonyl (C=O) groups is 2. The third-order valence-electron chi connectivity index (χ3n) is 7.18. The minimum Gasteiger partial charge on any atom is -0.478 e. The molecule has 0 bridgehead atoms. The highest BCUT2D eigenvalue weighted by Gasteiger charge is 2.22. The van der Waals surface area contributed by atoms with E-state index >= 15 is 0 Å². The van der Waals surface area contributed by atoms with Crippen molar-refractivity contribution < 1.29 is 24.5 Å². The molecular weight excluding hydrogens is 520 g/mol. The smallest absolute Gasteiger partial charge is 0.335 e. The van der Waals surface area contributed by atoms with Gasteiger partial charge in [-0.1, -0.05) is 72.4 Å². The molecule has 0 fully saturated rings. The van der Waals surface area contributed by atoms with Crippen LogP contribution in [0.3, 0.4) is 0 Å². The Morgan fingerprint density at radius 3 is 1.43 bits per heavy atom. The molecule has 0 radical (unpaired) electrons. The number of ether oxygens (including phenoxy) is 1. The van der Waals surface area contributed by atoms with E-state index in [1.54, 1.807) is 48.2 Å². The van der Waals surface area contributed by atoms with E-state index in [-0.39, 0.29) is 11.1 Å². The molecule has 0 saturated heterocycles. The SMILES string of the molecule is O=C(O)c1cccc(-c2ccc3c4c(ccc3c2)Oc2ccc3cc(-c5cccc(C(=O)O)c5)ccc3c2S4)c1. The molecule has 6 heteroatoms. The van der Waals surface area contributed by atoms with Crippen LogP contribution in [0.2, 0.25) is 0 Å². The number of fused-ring (bicyclic) bond motifs is 6. The molecule has 0 unspecified atom stereocenters. The van der Waals surface area contributed by atoms with Crippen LogP contribution in [-0.4, -0.2) is 22.2 Å². The summed E-state index contributed by atoms with van der Waals surface area (Å²) in [6, 6.07) is 34.2. The van der Waals surface area contributed by atoms with E-state index < -0.39 is 11.9 Å². The second-order valence-corrected chi connectivity index (χ2v) is 10.7. The van der Waals surface area contributed by atoms with Gasteiger partial charge in [-0.05, 0) is 92.3 Å². The molecule has 0 aliphatic carbocycles. The molecule has 0 amide bonds. The van der Waals surface area contributed by atoms with Crippen molar-refractivity contribution >= 4 is 45.2 Å². The fraction of sp³-hybridized carbons (Fsp3) is 0. The van der Waals surface area contributed by atoms with Crippen molar-refractivity contribution in [3.63, 3.8) is 0 Å². The Morgan fingerprint density at radius 1 is 0.525 bits per heavy atom. The summed E-state index contributed by atoms with van der Waals surface area (Å²) in [5.41, 5.74) is 4.11. The van der Waals surface area contributed by atoms with Crippen LogP contribution in [0, 0.1) is 0 Å². The van der Waals surface area contributed by atoms with Gasteiger partial charge >= 0.3 is 11.9 Å². The van der Waals surface area contributed by atoms with Gasteiger partial charge in [-0.2, -0.15) is 0 Å². The second-order valence-electron chi connectivity index (χ2n) is 9.63. The molecule has 1 aliphatic heterocycles. The average Bonchev–Trinajstić information content (AvgIpc) is 2.99. The van der Waals surface area contributed by atoms with Crippen LogP contribution in [0.25, 0.3) is 43.8 Å². The Balaban J connectivity index is 1.28. The lowest BCUT2D eigenvalue weighted by atomic mass is 9.99. The minimum atomic E-state index is -0.947. The molecule has 40 heavy (non-hydrogen) atoms. The predicted molar refractivity (Wildman–Crippen MR) is 157 cm³/mol. The first kappa shape index (κ1) is 24.0. The van der Waals surface area contributed by atoms with Crippen molar-refractivity contribution in [2.75, 3.05) is 0 Å². The molecule has 0 atom stereocenters. The van der Waals surface area contributed by atoms with Gasteiger partial charge in [0.05, 0.1) is 20.9 Å². The number of rotatable bonds is 4. The quantitative estimate of drug-likeness (QED) is 0.232. The Morgan fingerprint density at radius 2 is 0.975 bits per heavy atom. The summed E-state index contributed by atoms with van der Waals surface area (Å²) in [6.07, 6.45) is 0. The van der Waals surface area contributed by atoms with Gasteiger partial charge in [0.2, 0.25) is 0 Å². The van der Waals surface area contributed by atoms with E-state index in [1.807, 2.05) is 48.5 Å². The van der Waals surface area contributed by atoms with E-state index in [4.69, 9.17) is 4.74 Å². The maximum absolute atomic E-state index is 11.4. The Kier molecular flexibility index (Phi) is 5.58. The number of benzene rings is 6. The highest BCUT2D eigenvalue weighted by molar-refractivity contribution is 8.00. The Labute approximate surface area is 233 Å². The fourth-order valence-electron chi connectivity index (χ4n) is 5.18. The van der Waals surface area contributed by atoms with Crippen molar-refractivity contribution in [3.8, 4) is 33.8 Å². The van der Waals surface area contributed by atoms with Gasteiger partial charge in [-0.15, -0.1) is 0 Å². The van der Waals surface area contributed by atoms with Gasteiger partial charge in [-0.25, -0.2) is 9.59 Å². The van der Waals surface area contributed by atoms with E-state index in [0.29, 0.717) is 0 Å². The van der Waals surface area contributed by atoms with Gasteiger partial charge in [0, 0.05) is 0 Å². The lowest BCUT2D eigenvalue weighted by Crippen LogP contribution is -1.97. The van der Waals surface area contributed by atoms with Crippen LogP contribution in [0.4, 0.5) is 0 Å². The lowest BCUT2D eigenvalue weighted by molar-refractivity contribution is 0.0686. The topological polar surface area (TPSA) is 83.8 Å². The van der Waals surface area contributed by atoms with Gasteiger partial charge in [0.15, 0.2) is 0 Å². The van der Waals surface area contributed by atoms with E-state index in [2.05, 4.69) is 24.3 Å². The highest BCUT2D eigenvalue weighted by Crippen LogP contribution is 2.52. The van der Waals surface area contributed by atoms with Gasteiger partial charge < -0.3 is 14.9 Å². The molecule has 6 aromatic carbocycles. The largest absolute Gasteiger partial charge is 0.478 e. The summed E-state index contributed by atoms with van der Waals surface area (Å²) < 4.78 is 6.36. The Bertz CT molecular complexity index is 1880. The maximum Gasteiger partial charge on any atom is 0.335 e. The third-order valence-corrected chi connectivity index (χ3v) is 8.43. The van der Waals surface area contributed by atoms with Crippen LogP contribution in [-0.2, 0) is 0 Å². The van der Waals surface area contributed by atoms with E-state index in [0.717, 1.165) is 65.1 Å². The maximum atomic E-state index is 11.4. The number of hydrogen-bond acceptors (Lipinski definition) is 4. The number of hydrogen-bond donors (Lipinski definition) is 2. The van der Waals surface area contributed by atoms with E-state index in [9.17, 15) is 19.8 Å². The summed E-state index contributed by atoms with van der Waals surface area (Å²) in [5, 5.41) is 23.0. The van der Waals surface area contributed by atoms with Gasteiger partial charge in [0.25, 0.3) is 0 Å². The molecule has 7 rings (SSSR count). The van der Waals surface area contributed by atoms with Crippen LogP contribution >= 0.6 is 11.8 Å². The monoisotopic (exact) mass is 540 g/mol. The molecule has 5 nitrogen and oxygen atoms in total. The molecule has 0 spiro atoms. The van der Waals surface area contributed by atoms with E-state index in [1.165, 1.54) is 0 Å². The fourth-order valence-corrected chi connectivity index (χ4v) is 6.39. The number of carboxylic acid groups (broad SMARTS) is 2. The average molecular weight is 541 g/mol. The van der Waals surface area contributed by atoms with Crippen molar-refractivity contribution in [2.24, 2.45) is 0 Å². The first-order valence-corrected chi connectivity index (χ1v) is 13.4. The predicted octanol–water partition coefficient (Wildman–Crippen LogP) is 8.98. The summed E-state index contributed by atoms with van der Waals surface area (Å²) >= 11 is 1.68. The molecule has 1 heterocycles. The van der Waals surface area contributed by atoms with Gasteiger partial charge in [-0.3, -0.25) is 0 Å². The number of aromatic carboxylic acids is 2. The minimum absolute atomic E-state index is 0.258. The zero-order chi connectivity index (χ0) is 27.4. The van der Waals surface area contributed by atoms with Crippen molar-refractivity contribution in [3.05, 3.63) is 120 Å². The molecule has 1 aliphatic rings. The lowest BCUT2D eigenvalue weighted by Gasteiger charge is -2.23. The zero-order valence-electron chi connectivity index (χ0n) is 20.9. The van der Waals surface area contributed by atoms with Crippen LogP contribution in [0.1, 0.15) is 20.7 Å². The van der Waals surface area contributed by atoms with Gasteiger partial charge in [0.1, 0.15) is 11.5 Å². The molecule has 6 aromatic rings. The van der Waals surface area contributed by atoms with Crippen molar-refractivity contribution in [1.82, 2.24) is 0 Å². The highest BCUT2D eigenvalue weighted by atomic mass is 32.2. The molecular formula is C34H20O5S. The van der Waals surface area contributed by atoms with Crippen LogP contribution < -0.4 is 4.74 Å². The van der Waals surface area contributed by atoms with Crippen molar-refractivity contribution in [1.29, 1.82) is 0 Å². The third kappa shape index (κ3) is 4.06. The second kappa shape index (κ2) is 9.29. The van der Waals surface area contributed by atoms with Crippen LogP contribution in [0.5, 0.6) is 11.5 Å². The summed E-state index contributed by atoms with van der Waals surface area (Å²) in [6.45, 7) is 0. The molecule has 2 N–H and O–H groups in total. The molecule has 0 aromatic heterocycles. The van der Waals surface area contributed by atoms with Crippen molar-refractivity contribution in [2.45, 2.75) is 9.79 Å². The molecule has 192 valence electrons. The first-order valence-electron chi connectivity index (χ1n) is 12.6. The summed E-state index contributed by atoms with van der Waals surface area (Å²) in [5.74, 6) is -0.298. The number of carboxylic acids is 2. The molecule has 0 saturated carbocycles. The zero-order valence-corrected chi connectivity index (χ0v) is 21.7. The standard InChI is InChI=1S/C34H20O5S/c35-33(36)25-5-1-3-19(17-25)21-7-11-27-23(15-21)9-13-29-31(27)40-32-28-12-8-22(16-24(28)10-14-30(32)39-29)20-4-2-6-26(18-20)34(37)38/h1-18H,(H,35,36)(H,37,38). The normalized spacial score (nSPS) is 12.0. The Hall–Kier alpha value is -5.07.